The molecule has 1 aromatic carbocycles. The van der Waals surface area contributed by atoms with Crippen LogP contribution in [0.15, 0.2) is 41.3 Å². The maximum atomic E-state index is 12.7. The second-order valence-electron chi connectivity index (χ2n) is 6.81. The third-order valence-electron chi connectivity index (χ3n) is 4.58. The van der Waals surface area contributed by atoms with E-state index >= 15 is 0 Å². The third-order valence-corrected chi connectivity index (χ3v) is 4.58. The number of amides is 1. The van der Waals surface area contributed by atoms with Crippen molar-refractivity contribution in [1.82, 2.24) is 9.38 Å². The van der Waals surface area contributed by atoms with Gasteiger partial charge in [-0.3, -0.25) is 14.0 Å². The summed E-state index contributed by atoms with van der Waals surface area (Å²) in [6.45, 7) is 9.28. The molecule has 0 aliphatic carbocycles. The molecular formula is C21H23N3O3. The lowest BCUT2D eigenvalue weighted by Crippen LogP contribution is -2.33. The molecule has 3 aromatic rings. The Morgan fingerprint density at radius 3 is 2.56 bits per heavy atom. The average molecular weight is 365 g/mol. The standard InChI is InChI=1S/C21H23N3O3/c1-12-8-9-24-18(10-12)22-15(4)19(21(24)26)23-20(25)16(5)27-17-7-6-13(2)14(3)11-17/h6-11,16H,1-5H3,(H,23,25)/t16-/m1/s1. The monoisotopic (exact) mass is 365 g/mol. The fourth-order valence-electron chi connectivity index (χ4n) is 2.76. The molecule has 2 aromatic heterocycles. The van der Waals surface area contributed by atoms with Crippen LogP contribution in [0.1, 0.15) is 29.3 Å². The van der Waals surface area contributed by atoms with Crippen molar-refractivity contribution in [2.24, 2.45) is 0 Å². The Hall–Kier alpha value is -3.15. The highest BCUT2D eigenvalue weighted by atomic mass is 16.5. The molecule has 0 aliphatic rings. The number of ether oxygens (including phenoxy) is 1. The summed E-state index contributed by atoms with van der Waals surface area (Å²) >= 11 is 0. The topological polar surface area (TPSA) is 72.7 Å². The minimum atomic E-state index is -0.760. The van der Waals surface area contributed by atoms with Crippen molar-refractivity contribution in [3.05, 3.63) is 69.3 Å². The van der Waals surface area contributed by atoms with E-state index in [0.29, 0.717) is 17.1 Å². The first kappa shape index (κ1) is 18.6. The summed E-state index contributed by atoms with van der Waals surface area (Å²) in [5.74, 6) is 0.212. The minimum Gasteiger partial charge on any atom is -0.481 e. The molecule has 0 saturated carbocycles. The Bertz CT molecular complexity index is 1090. The van der Waals surface area contributed by atoms with Gasteiger partial charge in [0.1, 0.15) is 17.1 Å². The molecule has 1 amide bonds. The summed E-state index contributed by atoms with van der Waals surface area (Å²) in [4.78, 5) is 29.7. The van der Waals surface area contributed by atoms with E-state index in [2.05, 4.69) is 10.3 Å². The second-order valence-corrected chi connectivity index (χ2v) is 6.81. The number of hydrogen-bond donors (Lipinski definition) is 1. The van der Waals surface area contributed by atoms with Crippen LogP contribution >= 0.6 is 0 Å². The van der Waals surface area contributed by atoms with Gasteiger partial charge in [-0.1, -0.05) is 6.07 Å². The molecule has 0 radical (unpaired) electrons. The summed E-state index contributed by atoms with van der Waals surface area (Å²) in [7, 11) is 0. The number of aromatic nitrogens is 2. The van der Waals surface area contributed by atoms with Gasteiger partial charge in [0, 0.05) is 6.20 Å². The summed E-state index contributed by atoms with van der Waals surface area (Å²) in [5, 5.41) is 2.67. The fourth-order valence-corrected chi connectivity index (χ4v) is 2.76. The summed E-state index contributed by atoms with van der Waals surface area (Å²) in [6, 6.07) is 9.31. The van der Waals surface area contributed by atoms with Crippen molar-refractivity contribution < 1.29 is 9.53 Å². The maximum absolute atomic E-state index is 12.7. The van der Waals surface area contributed by atoms with Crippen LogP contribution in [0.25, 0.3) is 5.65 Å². The van der Waals surface area contributed by atoms with Crippen LogP contribution in [0.4, 0.5) is 5.69 Å². The van der Waals surface area contributed by atoms with E-state index in [4.69, 9.17) is 4.74 Å². The predicted octanol–water partition coefficient (Wildman–Crippen LogP) is 3.33. The Balaban J connectivity index is 1.83. The Labute approximate surface area is 157 Å². The number of nitrogens with zero attached hydrogens (tertiary/aromatic N) is 2. The highest BCUT2D eigenvalue weighted by Crippen LogP contribution is 2.18. The van der Waals surface area contributed by atoms with E-state index in [9.17, 15) is 9.59 Å². The van der Waals surface area contributed by atoms with E-state index in [-0.39, 0.29) is 11.2 Å². The number of nitrogens with one attached hydrogen (secondary N) is 1. The van der Waals surface area contributed by atoms with Crippen molar-refractivity contribution in [3.63, 3.8) is 0 Å². The zero-order valence-electron chi connectivity index (χ0n) is 16.2. The molecule has 0 spiro atoms. The molecule has 0 aliphatic heterocycles. The highest BCUT2D eigenvalue weighted by molar-refractivity contribution is 5.94. The van der Waals surface area contributed by atoms with Crippen LogP contribution in [0.5, 0.6) is 5.75 Å². The lowest BCUT2D eigenvalue weighted by Gasteiger charge is -2.16. The highest BCUT2D eigenvalue weighted by Gasteiger charge is 2.19. The number of fused-ring (bicyclic) bond motifs is 1. The number of carbonyl (C=O) groups excluding carboxylic acids is 1. The molecule has 0 unspecified atom stereocenters. The first-order valence-corrected chi connectivity index (χ1v) is 8.80. The number of pyridine rings is 1. The number of hydrogen-bond acceptors (Lipinski definition) is 4. The van der Waals surface area contributed by atoms with Crippen molar-refractivity contribution in [3.8, 4) is 5.75 Å². The zero-order valence-corrected chi connectivity index (χ0v) is 16.2. The van der Waals surface area contributed by atoms with Crippen LogP contribution < -0.4 is 15.6 Å². The first-order valence-electron chi connectivity index (χ1n) is 8.80. The Morgan fingerprint density at radius 2 is 1.85 bits per heavy atom. The number of anilines is 1. The van der Waals surface area contributed by atoms with Crippen molar-refractivity contribution in [2.45, 2.75) is 40.7 Å². The quantitative estimate of drug-likeness (QED) is 0.770. The molecule has 6 heteroatoms. The van der Waals surface area contributed by atoms with Gasteiger partial charge in [0.25, 0.3) is 11.5 Å². The third kappa shape index (κ3) is 3.84. The van der Waals surface area contributed by atoms with E-state index in [1.54, 1.807) is 20.0 Å². The van der Waals surface area contributed by atoms with Gasteiger partial charge in [-0.05, 0) is 75.6 Å². The van der Waals surface area contributed by atoms with Crippen LogP contribution in [-0.4, -0.2) is 21.4 Å². The molecule has 1 atom stereocenters. The van der Waals surface area contributed by atoms with Gasteiger partial charge in [0.2, 0.25) is 0 Å². The van der Waals surface area contributed by atoms with Gasteiger partial charge in [-0.25, -0.2) is 4.98 Å². The molecule has 27 heavy (non-hydrogen) atoms. The number of carbonyl (C=O) groups is 1. The van der Waals surface area contributed by atoms with Gasteiger partial charge in [0.15, 0.2) is 6.10 Å². The van der Waals surface area contributed by atoms with Crippen molar-refractivity contribution in [2.75, 3.05) is 5.32 Å². The molecule has 0 bridgehead atoms. The van der Waals surface area contributed by atoms with Gasteiger partial charge < -0.3 is 10.1 Å². The lowest BCUT2D eigenvalue weighted by atomic mass is 10.1. The predicted molar refractivity (Wildman–Crippen MR) is 106 cm³/mol. The molecule has 6 nitrogen and oxygen atoms in total. The van der Waals surface area contributed by atoms with Crippen LogP contribution in [0.3, 0.4) is 0 Å². The van der Waals surface area contributed by atoms with Gasteiger partial charge >= 0.3 is 0 Å². The molecule has 2 heterocycles. The van der Waals surface area contributed by atoms with Crippen molar-refractivity contribution in [1.29, 1.82) is 0 Å². The summed E-state index contributed by atoms with van der Waals surface area (Å²) in [5.41, 5.74) is 4.12. The fraction of sp³-hybridized carbons (Fsp3) is 0.286. The summed E-state index contributed by atoms with van der Waals surface area (Å²) < 4.78 is 7.15. The van der Waals surface area contributed by atoms with E-state index in [1.807, 2.05) is 51.1 Å². The molecular weight excluding hydrogens is 342 g/mol. The van der Waals surface area contributed by atoms with E-state index < -0.39 is 12.0 Å². The SMILES string of the molecule is Cc1ccn2c(=O)c(NC(=O)[C@@H](C)Oc3ccc(C)c(C)c3)c(C)nc2c1. The number of aryl methyl sites for hydroxylation is 4. The van der Waals surface area contributed by atoms with Crippen LogP contribution in [-0.2, 0) is 4.79 Å². The zero-order chi connectivity index (χ0) is 19.7. The number of rotatable bonds is 4. The molecule has 0 saturated heterocycles. The largest absolute Gasteiger partial charge is 0.481 e. The van der Waals surface area contributed by atoms with Gasteiger partial charge in [-0.15, -0.1) is 0 Å². The van der Waals surface area contributed by atoms with Crippen LogP contribution in [0, 0.1) is 27.7 Å². The first-order chi connectivity index (χ1) is 12.8. The molecule has 3 rings (SSSR count). The molecule has 1 N–H and O–H groups in total. The van der Waals surface area contributed by atoms with Gasteiger partial charge in [-0.2, -0.15) is 0 Å². The van der Waals surface area contributed by atoms with Crippen LogP contribution in [0.2, 0.25) is 0 Å². The molecule has 140 valence electrons. The second kappa shape index (κ2) is 7.23. The Kier molecular flexibility index (Phi) is 4.99. The average Bonchev–Trinajstić information content (AvgIpc) is 2.61. The lowest BCUT2D eigenvalue weighted by molar-refractivity contribution is -0.122. The van der Waals surface area contributed by atoms with Gasteiger partial charge in [0.05, 0.1) is 5.69 Å². The molecule has 0 fully saturated rings. The van der Waals surface area contributed by atoms with E-state index in [0.717, 1.165) is 16.7 Å². The Morgan fingerprint density at radius 1 is 1.11 bits per heavy atom. The smallest absolute Gasteiger partial charge is 0.281 e. The van der Waals surface area contributed by atoms with E-state index in [1.165, 1.54) is 4.40 Å². The maximum Gasteiger partial charge on any atom is 0.281 e. The number of benzene rings is 1. The van der Waals surface area contributed by atoms with Crippen molar-refractivity contribution >= 4 is 17.2 Å². The minimum absolute atomic E-state index is 0.164. The normalized spacial score (nSPS) is 12.0. The summed E-state index contributed by atoms with van der Waals surface area (Å²) in [6.07, 6.45) is 0.897.